The molecule has 3 aromatic rings. The van der Waals surface area contributed by atoms with Crippen molar-refractivity contribution in [3.05, 3.63) is 167 Å². The average molecular weight is 870 g/mol. The maximum Gasteiger partial charge on any atom is 0.334 e. The van der Waals surface area contributed by atoms with Crippen LogP contribution in [-0.4, -0.2) is 63.7 Å². The molecule has 0 radical (unpaired) electrons. The molecule has 332 valence electrons. The molecule has 3 heterocycles. The topological polar surface area (TPSA) is 105 Å². The molecule has 0 aromatic heterocycles. The number of amides is 3. The Hall–Kier alpha value is -5.76. The third-order valence-corrected chi connectivity index (χ3v) is 13.0. The number of rotatable bonds is 17. The molecule has 11 nitrogen and oxygen atoms in total. The highest BCUT2D eigenvalue weighted by molar-refractivity contribution is 7.44. The van der Waals surface area contributed by atoms with Crippen molar-refractivity contribution in [1.82, 2.24) is 24.7 Å². The van der Waals surface area contributed by atoms with Crippen LogP contribution in [-0.2, 0) is 15.5 Å². The third kappa shape index (κ3) is 10.5. The van der Waals surface area contributed by atoms with Crippen LogP contribution in [0.5, 0.6) is 0 Å². The maximum absolute atomic E-state index is 14.9. The SMILES string of the molecule is C=C1C2=C(N(C(=C)c3ccc(C)cc3)C(=O)N1CCCC)N(c1ccc(CCOP(OCCC#N)N(CC)C(C)C)cc1)C1=C(C2)C(=C)N(C(=O)c2ccc(C)cc2)C(=C)N1.CC. The molecule has 0 fully saturated rings. The first-order valence-corrected chi connectivity index (χ1v) is 23.1. The van der Waals surface area contributed by atoms with Crippen molar-refractivity contribution in [3.63, 3.8) is 0 Å². The zero-order valence-electron chi connectivity index (χ0n) is 38.5. The second-order valence-corrected chi connectivity index (χ2v) is 17.1. The van der Waals surface area contributed by atoms with Crippen molar-refractivity contribution >= 4 is 31.8 Å². The predicted octanol–water partition coefficient (Wildman–Crippen LogP) is 11.9. The number of hydrogen-bond donors (Lipinski definition) is 1. The summed E-state index contributed by atoms with van der Waals surface area (Å²) in [7, 11) is -1.34. The fourth-order valence-corrected chi connectivity index (χ4v) is 9.07. The summed E-state index contributed by atoms with van der Waals surface area (Å²) in [6, 6.07) is 25.7. The normalized spacial score (nSPS) is 15.6. The van der Waals surface area contributed by atoms with Gasteiger partial charge in [0.25, 0.3) is 14.4 Å². The van der Waals surface area contributed by atoms with E-state index in [1.165, 1.54) is 4.90 Å². The number of allylic oxidation sites excluding steroid dienone is 2. The second kappa shape index (κ2) is 22.0. The molecule has 3 amide bonds. The molecule has 0 bridgehead atoms. The van der Waals surface area contributed by atoms with E-state index in [0.29, 0.717) is 79.1 Å². The molecule has 6 rings (SSSR count). The van der Waals surface area contributed by atoms with Gasteiger partial charge in [-0.3, -0.25) is 19.5 Å². The smallest absolute Gasteiger partial charge is 0.327 e. The van der Waals surface area contributed by atoms with E-state index in [4.69, 9.17) is 14.3 Å². The van der Waals surface area contributed by atoms with Gasteiger partial charge in [0, 0.05) is 53.6 Å². The first kappa shape index (κ1) is 48.3. The molecule has 0 spiro atoms. The van der Waals surface area contributed by atoms with E-state index >= 15 is 0 Å². The van der Waals surface area contributed by atoms with E-state index in [-0.39, 0.29) is 18.0 Å². The Kier molecular flexibility index (Phi) is 16.9. The van der Waals surface area contributed by atoms with Crippen LogP contribution in [0, 0.1) is 25.2 Å². The number of nitriles is 1. The molecule has 1 atom stereocenters. The van der Waals surface area contributed by atoms with E-state index in [9.17, 15) is 9.59 Å². The summed E-state index contributed by atoms with van der Waals surface area (Å²) in [6.45, 7) is 36.3. The van der Waals surface area contributed by atoms with Crippen LogP contribution in [0.25, 0.3) is 5.70 Å². The van der Waals surface area contributed by atoms with Gasteiger partial charge in [0.15, 0.2) is 0 Å². The quantitative estimate of drug-likeness (QED) is 0.106. The molecule has 3 aliphatic heterocycles. The van der Waals surface area contributed by atoms with Gasteiger partial charge in [0.2, 0.25) is 0 Å². The molecule has 12 heteroatoms. The summed E-state index contributed by atoms with van der Waals surface area (Å²) in [5.74, 6) is 1.32. The van der Waals surface area contributed by atoms with E-state index in [1.54, 1.807) is 9.80 Å². The number of carbonyl (C=O) groups is 2. The first-order chi connectivity index (χ1) is 30.3. The summed E-state index contributed by atoms with van der Waals surface area (Å²) in [4.78, 5) is 36.0. The molecular weight excluding hydrogens is 806 g/mol. The van der Waals surface area contributed by atoms with Gasteiger partial charge < -0.3 is 14.4 Å². The van der Waals surface area contributed by atoms with Gasteiger partial charge in [-0.2, -0.15) is 5.26 Å². The Morgan fingerprint density at radius 1 is 0.873 bits per heavy atom. The maximum atomic E-state index is 14.9. The highest BCUT2D eigenvalue weighted by Crippen LogP contribution is 2.48. The van der Waals surface area contributed by atoms with Crippen LogP contribution in [0.4, 0.5) is 10.5 Å². The molecule has 0 saturated carbocycles. The van der Waals surface area contributed by atoms with Gasteiger partial charge in [-0.25, -0.2) is 14.4 Å². The summed E-state index contributed by atoms with van der Waals surface area (Å²) < 4.78 is 14.6. The highest BCUT2D eigenvalue weighted by atomic mass is 31.2. The van der Waals surface area contributed by atoms with Crippen LogP contribution < -0.4 is 10.2 Å². The predicted molar refractivity (Wildman–Crippen MR) is 256 cm³/mol. The Balaban J connectivity index is 0.00000369. The van der Waals surface area contributed by atoms with Crippen molar-refractivity contribution in [3.8, 4) is 6.07 Å². The molecule has 1 unspecified atom stereocenters. The molecule has 0 aliphatic carbocycles. The number of urea groups is 1. The van der Waals surface area contributed by atoms with Gasteiger partial charge in [-0.05, 0) is 75.9 Å². The Morgan fingerprint density at radius 3 is 2.05 bits per heavy atom. The number of nitrogens with one attached hydrogen (secondary N) is 1. The van der Waals surface area contributed by atoms with E-state index in [2.05, 4.69) is 82.2 Å². The fourth-order valence-electron chi connectivity index (χ4n) is 7.60. The molecule has 3 aliphatic rings. The third-order valence-electron chi connectivity index (χ3n) is 11.0. The van der Waals surface area contributed by atoms with Crippen molar-refractivity contribution in [2.45, 2.75) is 93.5 Å². The zero-order valence-corrected chi connectivity index (χ0v) is 39.4. The highest BCUT2D eigenvalue weighted by Gasteiger charge is 2.46. The van der Waals surface area contributed by atoms with Crippen LogP contribution >= 0.6 is 8.53 Å². The number of carbonyl (C=O) groups excluding carboxylic acids is 2. The number of hydrogen-bond acceptors (Lipinski definition) is 8. The van der Waals surface area contributed by atoms with Crippen molar-refractivity contribution in [2.75, 3.05) is 31.2 Å². The van der Waals surface area contributed by atoms with Crippen molar-refractivity contribution < 1.29 is 18.6 Å². The van der Waals surface area contributed by atoms with Gasteiger partial charge in [0.05, 0.1) is 37.1 Å². The minimum Gasteiger partial charge on any atom is -0.327 e. The summed E-state index contributed by atoms with van der Waals surface area (Å²) in [5.41, 5.74) is 8.45. The Morgan fingerprint density at radius 2 is 1.48 bits per heavy atom. The second-order valence-electron chi connectivity index (χ2n) is 15.6. The number of unbranched alkanes of at least 4 members (excludes halogenated alkanes) is 1. The van der Waals surface area contributed by atoms with E-state index < -0.39 is 8.53 Å². The van der Waals surface area contributed by atoms with Gasteiger partial charge >= 0.3 is 6.03 Å². The number of benzene rings is 3. The first-order valence-electron chi connectivity index (χ1n) is 22.0. The Labute approximate surface area is 376 Å². The summed E-state index contributed by atoms with van der Waals surface area (Å²) >= 11 is 0. The van der Waals surface area contributed by atoms with Crippen LogP contribution in [0.15, 0.2) is 139 Å². The lowest BCUT2D eigenvalue weighted by Crippen LogP contribution is -2.54. The van der Waals surface area contributed by atoms with Crippen molar-refractivity contribution in [2.24, 2.45) is 0 Å². The fraction of sp³-hybridized carbons (Fsp3) is 0.353. The lowest BCUT2D eigenvalue weighted by atomic mass is 9.91. The molecule has 1 N–H and O–H groups in total. The number of nitrogens with zero attached hydrogens (tertiary/aromatic N) is 6. The molecular formula is C51H64N7O4P. The summed E-state index contributed by atoms with van der Waals surface area (Å²) in [5, 5.41) is 12.6. The van der Waals surface area contributed by atoms with Crippen LogP contribution in [0.2, 0.25) is 0 Å². The lowest BCUT2D eigenvalue weighted by molar-refractivity contribution is 0.0837. The monoisotopic (exact) mass is 869 g/mol. The molecule has 3 aromatic carbocycles. The van der Waals surface area contributed by atoms with Gasteiger partial charge in [-0.1, -0.05) is 120 Å². The number of aryl methyl sites for hydroxylation is 2. The zero-order chi connectivity index (χ0) is 46.0. The minimum atomic E-state index is -1.34. The lowest BCUT2D eigenvalue weighted by Gasteiger charge is -2.50. The van der Waals surface area contributed by atoms with E-state index in [0.717, 1.165) is 58.5 Å². The van der Waals surface area contributed by atoms with Crippen LogP contribution in [0.1, 0.15) is 99.8 Å². The molecule has 0 saturated heterocycles. The minimum absolute atomic E-state index is 0.219. The summed E-state index contributed by atoms with van der Waals surface area (Å²) in [6.07, 6.45) is 2.94. The van der Waals surface area contributed by atoms with Gasteiger partial charge in [-0.15, -0.1) is 0 Å². The average Bonchev–Trinajstić information content (AvgIpc) is 3.27. The largest absolute Gasteiger partial charge is 0.334 e. The molecule has 63 heavy (non-hydrogen) atoms. The van der Waals surface area contributed by atoms with Gasteiger partial charge in [0.1, 0.15) is 17.5 Å². The Bertz CT molecular complexity index is 2290. The van der Waals surface area contributed by atoms with E-state index in [1.807, 2.05) is 93.3 Å². The van der Waals surface area contributed by atoms with Crippen molar-refractivity contribution in [1.29, 1.82) is 5.26 Å². The standard InChI is InChI=1S/C49H58N7O4P.C2H6/c1-11-13-29-52-37(8)45-32-44-38(9)54(48(57)42-23-17-35(6)18-24-42)39(10)51-46(44)56(47(45)55(49(52)58)36(7)41-21-15-34(5)16-22-41)43-25-19-40(20-26-43)27-31-60-61(59-30-14-28-50)53(12-2)33(3)4;1-2/h15-26,33,51H,7-14,27,29-32H2,1-6H3;1-2H3. The number of anilines is 1. The van der Waals surface area contributed by atoms with Crippen LogP contribution in [0.3, 0.4) is 0 Å².